The second kappa shape index (κ2) is 82.8. The molecule has 0 unspecified atom stereocenters. The zero-order valence-electron chi connectivity index (χ0n) is 25.5. The van der Waals surface area contributed by atoms with Crippen molar-refractivity contribution in [3.05, 3.63) is 23.3 Å². The van der Waals surface area contributed by atoms with Crippen LogP contribution >= 0.6 is 0 Å². The molecule has 2 rings (SSSR count). The Kier molecular flexibility index (Phi) is 219. The molecule has 0 amide bonds. The summed E-state index contributed by atoms with van der Waals surface area (Å²) in [7, 11) is 0. The van der Waals surface area contributed by atoms with Gasteiger partial charge < -0.3 is 0 Å². The summed E-state index contributed by atoms with van der Waals surface area (Å²) in [5.41, 5.74) is 3.27. The molecule has 0 bridgehead atoms. The molecule has 0 heterocycles. The molecule has 0 aromatic carbocycles. The Bertz CT molecular complexity index is 655. The second-order valence-corrected chi connectivity index (χ2v) is 16.6. The quantitative estimate of drug-likeness (QED) is 0.313. The zero-order valence-corrected chi connectivity index (χ0v) is 87.1. The molecule has 2 aliphatic carbocycles. The van der Waals surface area contributed by atoms with Crippen molar-refractivity contribution in [3.63, 3.8) is 0 Å². The summed E-state index contributed by atoms with van der Waals surface area (Å²) in [4.78, 5) is 0. The van der Waals surface area contributed by atoms with Crippen molar-refractivity contribution >= 4 is 24.4 Å². The standard InChI is InChI=1S/2C8H10.2C4H7.2CH4.21W/c2*1-7(2)8-5-3-4-6-8;2*1-4(2)3;;;;;;;;;;;;;;;;;;;;;;;/h2*5,7H,6H2,1-2H3;2*4H,1-2H3;2*1H4;;;;;;;;;;;;;;;;;;;;;/q;;2*-1;;;;;;;;;;;;;;;;;;;;;;;. The van der Waals surface area contributed by atoms with Gasteiger partial charge in [0.05, 0.1) is 0 Å². The number of allylic oxidation sites excluding steroid dienone is 4. The van der Waals surface area contributed by atoms with Crippen molar-refractivity contribution in [3.8, 4) is 0 Å². The fourth-order valence-electron chi connectivity index (χ4n) is 1.89. The first-order valence-corrected chi connectivity index (χ1v) is 18.9. The Hall–Kier alpha value is 13.2. The van der Waals surface area contributed by atoms with Gasteiger partial charge in [0, 0.05) is 316 Å². The molecule has 0 aromatic rings. The summed E-state index contributed by atoms with van der Waals surface area (Å²) < 4.78 is 12.7. The van der Waals surface area contributed by atoms with E-state index in [1.54, 1.807) is 104 Å². The van der Waals surface area contributed by atoms with Crippen molar-refractivity contribution in [2.45, 2.75) is 83.1 Å². The summed E-state index contributed by atoms with van der Waals surface area (Å²) in [6.45, 7) is 17.6. The van der Waals surface area contributed by atoms with Crippen LogP contribution in [0.3, 0.4) is 0 Å². The van der Waals surface area contributed by atoms with Gasteiger partial charge in [0.2, 0.25) is 0 Å². The van der Waals surface area contributed by atoms with Crippen LogP contribution in [0, 0.1) is 23.7 Å². The van der Waals surface area contributed by atoms with Gasteiger partial charge >= 0.3 is 256 Å². The van der Waals surface area contributed by atoms with Crippen LogP contribution in [0.5, 0.6) is 0 Å². The van der Waals surface area contributed by atoms with E-state index in [9.17, 15) is 0 Å². The molecular formula is C26H42W21-2. The summed E-state index contributed by atoms with van der Waals surface area (Å²) in [5.74, 6) is 2.85. The van der Waals surface area contributed by atoms with Crippen LogP contribution in [0.25, 0.3) is 0 Å². The van der Waals surface area contributed by atoms with Crippen molar-refractivity contribution in [2.24, 2.45) is 23.7 Å². The zero-order chi connectivity index (χ0) is 24.0. The van der Waals surface area contributed by atoms with Crippen LogP contribution in [-0.4, -0.2) is 24.4 Å². The van der Waals surface area contributed by atoms with Gasteiger partial charge in [0.1, 0.15) is 0 Å². The number of hydrogen-bond acceptors (Lipinski definition) is 0. The van der Waals surface area contributed by atoms with Crippen LogP contribution in [0.1, 0.15) is 83.1 Å². The summed E-state index contributed by atoms with van der Waals surface area (Å²) >= 11 is 9.50. The maximum absolute atomic E-state index is 3.11. The third-order valence-corrected chi connectivity index (χ3v) is 16.5. The minimum atomic E-state index is 0. The Morgan fingerprint density at radius 1 is 0.426 bits per heavy atom. The third-order valence-electron chi connectivity index (χ3n) is 3.87. The molecule has 0 radical (unpaired) electrons. The molecule has 0 nitrogen and oxygen atoms in total. The van der Waals surface area contributed by atoms with Crippen LogP contribution < -0.4 is 0 Å². The molecule has 47 heavy (non-hydrogen) atoms. The van der Waals surface area contributed by atoms with Crippen molar-refractivity contribution in [2.75, 3.05) is 0 Å². The van der Waals surface area contributed by atoms with Gasteiger partial charge in [0.25, 0.3) is 0 Å². The fourth-order valence-corrected chi connectivity index (χ4v) is 5.11. The molecule has 21 heteroatoms. The Morgan fingerprint density at radius 3 is 0.617 bits per heavy atom. The van der Waals surface area contributed by atoms with Crippen LogP contribution in [-0.2, 0) is 432 Å². The molecule has 0 N–H and O–H groups in total. The molecule has 0 spiro atoms. The monoisotopic (exact) mass is 4220 g/mol. The third kappa shape index (κ3) is 80.0. The van der Waals surface area contributed by atoms with Crippen LogP contribution in [0.4, 0.5) is 0 Å². The van der Waals surface area contributed by atoms with Crippen LogP contribution in [0.2, 0.25) is 0 Å². The van der Waals surface area contributed by atoms with Crippen molar-refractivity contribution < 1.29 is 432 Å². The first-order chi connectivity index (χ1) is 13.8. The van der Waals surface area contributed by atoms with Gasteiger partial charge in [-0.15, -0.1) is 0 Å². The van der Waals surface area contributed by atoms with E-state index in [-0.39, 0.29) is 331 Å². The molecule has 2 aliphatic rings. The normalized spacial score (nSPS) is 9.70. The van der Waals surface area contributed by atoms with Gasteiger partial charge in [-0.2, -0.15) is 0 Å². The van der Waals surface area contributed by atoms with E-state index in [0.717, 1.165) is 11.8 Å². The van der Waals surface area contributed by atoms with E-state index in [4.69, 9.17) is 0 Å². The SMILES string of the molecule is C.C.CC(C)C1=C[C](=[W])[C](=[W])C1.CC(C)C1=C[C](=[W])[C](=[W])C1.CC(C)[C-]=[W].CC(C)[C-]=[W].[W].[W].[W].[W].[W].[W].[W].[W].[W].[W].[W].[W].[W].[W].[W]. The van der Waals surface area contributed by atoms with E-state index < -0.39 is 0 Å². The maximum atomic E-state index is 3.11. The van der Waals surface area contributed by atoms with Gasteiger partial charge in [-0.1, -0.05) is 14.9 Å². The van der Waals surface area contributed by atoms with E-state index in [0.29, 0.717) is 11.8 Å². The molecule has 0 aromatic heterocycles. The minimum Gasteiger partial charge on any atom is 0 e. The predicted molar refractivity (Wildman–Crippen MR) is 128 cm³/mol. The topological polar surface area (TPSA) is 0 Å². The van der Waals surface area contributed by atoms with E-state index >= 15 is 0 Å². The molecule has 0 fully saturated rings. The summed E-state index contributed by atoms with van der Waals surface area (Å²) in [6, 6.07) is 0. The molecule has 0 atom stereocenters. The number of hydrogen-bond donors (Lipinski definition) is 0. The molecule has 0 saturated heterocycles. The molecule has 0 aliphatic heterocycles. The predicted octanol–water partition coefficient (Wildman–Crippen LogP) is 5.79. The van der Waals surface area contributed by atoms with E-state index in [2.05, 4.69) is 76.3 Å². The fraction of sp³-hybridized carbons (Fsp3) is 0.615. The smallest absolute Gasteiger partial charge is 0 e. The van der Waals surface area contributed by atoms with Gasteiger partial charge in [-0.3, -0.25) is 0 Å². The van der Waals surface area contributed by atoms with Gasteiger partial charge in [-0.25, -0.2) is 0 Å². The Morgan fingerprint density at radius 2 is 0.574 bits per heavy atom. The Balaban J connectivity index is -0.0000000120. The van der Waals surface area contributed by atoms with E-state index in [1.807, 2.05) is 0 Å². The van der Waals surface area contributed by atoms with E-state index in [1.165, 1.54) is 51.5 Å². The molecular weight excluding hydrogens is 4170 g/mol. The average Bonchev–Trinajstić information content (AvgIpc) is 3.18. The van der Waals surface area contributed by atoms with Gasteiger partial charge in [-0.05, 0) is 0 Å². The molecule has 274 valence electrons. The largest absolute Gasteiger partial charge is 0 e. The summed E-state index contributed by atoms with van der Waals surface area (Å²) in [6.07, 6.45) is 7.32. The van der Waals surface area contributed by atoms with Crippen molar-refractivity contribution in [1.82, 2.24) is 0 Å². The first kappa shape index (κ1) is 124. The molecule has 0 saturated carbocycles. The first-order valence-electron chi connectivity index (χ1n) is 10.1. The minimum absolute atomic E-state index is 0. The Labute approximate surface area is 572 Å². The number of rotatable bonds is 4. The van der Waals surface area contributed by atoms with Crippen LogP contribution in [0.15, 0.2) is 23.3 Å². The van der Waals surface area contributed by atoms with Crippen molar-refractivity contribution in [1.29, 1.82) is 0 Å². The maximum Gasteiger partial charge on any atom is 0 e. The second-order valence-electron chi connectivity index (χ2n) is 8.22. The van der Waals surface area contributed by atoms with Gasteiger partial charge in [0.15, 0.2) is 0 Å². The summed E-state index contributed by atoms with van der Waals surface area (Å²) in [5, 5.41) is 0. The average molecular weight is 4220 g/mol.